The smallest absolute Gasteiger partial charge is 0.133 e. The van der Waals surface area contributed by atoms with Crippen LogP contribution in [0.15, 0.2) is 30.3 Å². The summed E-state index contributed by atoms with van der Waals surface area (Å²) in [7, 11) is 0. The van der Waals surface area contributed by atoms with E-state index in [-0.39, 0.29) is 5.92 Å². The van der Waals surface area contributed by atoms with E-state index in [0.29, 0.717) is 5.78 Å². The number of hydrogen-bond donors (Lipinski definition) is 0. The molecule has 0 amide bonds. The fourth-order valence-electron chi connectivity index (χ4n) is 3.08. The summed E-state index contributed by atoms with van der Waals surface area (Å²) in [5.74, 6) is 2.28. The molecule has 0 aromatic heterocycles. The highest BCUT2D eigenvalue weighted by atomic mass is 16.5. The summed E-state index contributed by atoms with van der Waals surface area (Å²) in [4.78, 5) is 11.4. The topological polar surface area (TPSA) is 26.3 Å². The van der Waals surface area contributed by atoms with Crippen molar-refractivity contribution in [2.75, 3.05) is 6.61 Å². The molecular formula is C21H30O2. The first kappa shape index (κ1) is 17.8. The Kier molecular flexibility index (Phi) is 6.88. The van der Waals surface area contributed by atoms with Crippen LogP contribution < -0.4 is 4.74 Å². The van der Waals surface area contributed by atoms with Crippen LogP contribution in [-0.4, -0.2) is 12.4 Å². The fraction of sp³-hybridized carbons (Fsp3) is 0.571. The summed E-state index contributed by atoms with van der Waals surface area (Å²) in [6.45, 7) is 7.03. The first-order valence-corrected chi connectivity index (χ1v) is 8.99. The van der Waals surface area contributed by atoms with Crippen molar-refractivity contribution >= 4 is 11.4 Å². The number of carbonyl (C=O) groups is 1. The Hall–Kier alpha value is -1.57. The molecule has 0 aliphatic heterocycles. The fourth-order valence-corrected chi connectivity index (χ4v) is 3.08. The molecule has 0 saturated heterocycles. The number of hydrogen-bond acceptors (Lipinski definition) is 2. The quantitative estimate of drug-likeness (QED) is 0.578. The highest BCUT2D eigenvalue weighted by Gasteiger charge is 2.18. The minimum absolute atomic E-state index is 0.229. The van der Waals surface area contributed by atoms with Crippen LogP contribution in [0.5, 0.6) is 5.75 Å². The Morgan fingerprint density at radius 1 is 1.22 bits per heavy atom. The summed E-state index contributed by atoms with van der Waals surface area (Å²) < 4.78 is 5.81. The monoisotopic (exact) mass is 314 g/mol. The largest absolute Gasteiger partial charge is 0.494 e. The SMILES string of the molecule is CC(=O)C1CC=C(c2ccc(OCCCCC(C)C)cc2)CC1. The number of allylic oxidation sites excluding steroid dienone is 2. The molecule has 0 fully saturated rings. The molecule has 126 valence electrons. The molecule has 2 nitrogen and oxygen atoms in total. The number of Topliss-reactive ketones (excluding diaryl/α,β-unsaturated/α-hetero) is 1. The van der Waals surface area contributed by atoms with Crippen LogP contribution in [-0.2, 0) is 4.79 Å². The van der Waals surface area contributed by atoms with Gasteiger partial charge in [-0.15, -0.1) is 0 Å². The number of ketones is 1. The Balaban J connectivity index is 1.80. The van der Waals surface area contributed by atoms with Gasteiger partial charge in [-0.25, -0.2) is 0 Å². The molecule has 2 rings (SSSR count). The van der Waals surface area contributed by atoms with Gasteiger partial charge in [-0.1, -0.05) is 38.5 Å². The van der Waals surface area contributed by atoms with E-state index >= 15 is 0 Å². The Morgan fingerprint density at radius 3 is 2.52 bits per heavy atom. The Bertz CT molecular complexity index is 525. The summed E-state index contributed by atoms with van der Waals surface area (Å²) in [5.41, 5.74) is 2.63. The molecule has 1 aliphatic rings. The van der Waals surface area contributed by atoms with E-state index < -0.39 is 0 Å². The molecule has 0 heterocycles. The maximum atomic E-state index is 11.4. The predicted molar refractivity (Wildman–Crippen MR) is 96.6 cm³/mol. The van der Waals surface area contributed by atoms with Gasteiger partial charge in [0.05, 0.1) is 6.61 Å². The second-order valence-corrected chi connectivity index (χ2v) is 7.07. The van der Waals surface area contributed by atoms with Gasteiger partial charge in [-0.05, 0) is 68.2 Å². The van der Waals surface area contributed by atoms with Gasteiger partial charge in [0.1, 0.15) is 11.5 Å². The van der Waals surface area contributed by atoms with E-state index in [4.69, 9.17) is 4.74 Å². The van der Waals surface area contributed by atoms with Gasteiger partial charge < -0.3 is 4.74 Å². The number of benzene rings is 1. The van der Waals surface area contributed by atoms with Gasteiger partial charge in [0.25, 0.3) is 0 Å². The van der Waals surface area contributed by atoms with Crippen LogP contribution >= 0.6 is 0 Å². The lowest BCUT2D eigenvalue weighted by Gasteiger charge is -2.20. The number of ether oxygens (including phenoxy) is 1. The number of carbonyl (C=O) groups excluding carboxylic acids is 1. The van der Waals surface area contributed by atoms with Crippen LogP contribution in [0, 0.1) is 11.8 Å². The lowest BCUT2D eigenvalue weighted by Crippen LogP contribution is -2.13. The molecule has 1 aliphatic carbocycles. The molecule has 0 saturated carbocycles. The van der Waals surface area contributed by atoms with E-state index in [9.17, 15) is 4.79 Å². The molecule has 1 unspecified atom stereocenters. The second kappa shape index (κ2) is 8.90. The van der Waals surface area contributed by atoms with E-state index in [0.717, 1.165) is 44.0 Å². The predicted octanol–water partition coefficient (Wildman–Crippen LogP) is 5.66. The van der Waals surface area contributed by atoms with E-state index in [1.165, 1.54) is 24.0 Å². The lowest BCUT2D eigenvalue weighted by atomic mass is 9.85. The van der Waals surface area contributed by atoms with Gasteiger partial charge >= 0.3 is 0 Å². The molecule has 23 heavy (non-hydrogen) atoms. The minimum Gasteiger partial charge on any atom is -0.494 e. The van der Waals surface area contributed by atoms with Crippen molar-refractivity contribution in [1.82, 2.24) is 0 Å². The third kappa shape index (κ3) is 5.85. The first-order valence-electron chi connectivity index (χ1n) is 8.99. The summed E-state index contributed by atoms with van der Waals surface area (Å²) in [6, 6.07) is 8.41. The Morgan fingerprint density at radius 2 is 1.96 bits per heavy atom. The molecular weight excluding hydrogens is 284 g/mol. The standard InChI is InChI=1S/C21H30O2/c1-16(2)6-4-5-15-23-21-13-11-20(12-14-21)19-9-7-18(8-10-19)17(3)22/h9,11-14,16,18H,4-8,10,15H2,1-3H3. The molecule has 1 atom stereocenters. The summed E-state index contributed by atoms with van der Waals surface area (Å²) >= 11 is 0. The van der Waals surface area contributed by atoms with Crippen LogP contribution in [0.3, 0.4) is 0 Å². The van der Waals surface area contributed by atoms with E-state index in [1.807, 2.05) is 0 Å². The van der Waals surface area contributed by atoms with Crippen molar-refractivity contribution in [3.8, 4) is 5.75 Å². The minimum atomic E-state index is 0.229. The van der Waals surface area contributed by atoms with Crippen molar-refractivity contribution in [2.24, 2.45) is 11.8 Å². The van der Waals surface area contributed by atoms with Crippen molar-refractivity contribution < 1.29 is 9.53 Å². The summed E-state index contributed by atoms with van der Waals surface area (Å²) in [6.07, 6.45) is 8.74. The first-order chi connectivity index (χ1) is 11.1. The molecule has 0 bridgehead atoms. The normalized spacial score (nSPS) is 17.9. The lowest BCUT2D eigenvalue weighted by molar-refractivity contribution is -0.120. The van der Waals surface area contributed by atoms with Gasteiger partial charge in [0, 0.05) is 5.92 Å². The zero-order chi connectivity index (χ0) is 16.7. The number of unbranched alkanes of at least 4 members (excludes halogenated alkanes) is 1. The van der Waals surface area contributed by atoms with E-state index in [2.05, 4.69) is 44.2 Å². The third-order valence-electron chi connectivity index (χ3n) is 4.66. The molecule has 1 aromatic carbocycles. The average Bonchev–Trinajstić information content (AvgIpc) is 2.55. The van der Waals surface area contributed by atoms with Crippen LogP contribution in [0.25, 0.3) is 5.57 Å². The maximum absolute atomic E-state index is 11.4. The van der Waals surface area contributed by atoms with Crippen molar-refractivity contribution in [1.29, 1.82) is 0 Å². The Labute approximate surface area is 140 Å². The molecule has 0 spiro atoms. The van der Waals surface area contributed by atoms with Crippen LogP contribution in [0.1, 0.15) is 64.9 Å². The molecule has 2 heteroatoms. The molecule has 0 N–H and O–H groups in total. The third-order valence-corrected chi connectivity index (χ3v) is 4.66. The van der Waals surface area contributed by atoms with Gasteiger partial charge in [-0.3, -0.25) is 4.79 Å². The maximum Gasteiger partial charge on any atom is 0.133 e. The molecule has 0 radical (unpaired) electrons. The van der Waals surface area contributed by atoms with Gasteiger partial charge in [0.15, 0.2) is 0 Å². The van der Waals surface area contributed by atoms with Crippen molar-refractivity contribution in [2.45, 2.75) is 59.3 Å². The zero-order valence-electron chi connectivity index (χ0n) is 14.8. The van der Waals surface area contributed by atoms with Gasteiger partial charge in [0.2, 0.25) is 0 Å². The highest BCUT2D eigenvalue weighted by Crippen LogP contribution is 2.31. The second-order valence-electron chi connectivity index (χ2n) is 7.07. The van der Waals surface area contributed by atoms with Crippen LogP contribution in [0.4, 0.5) is 0 Å². The van der Waals surface area contributed by atoms with Gasteiger partial charge in [-0.2, -0.15) is 0 Å². The zero-order valence-corrected chi connectivity index (χ0v) is 14.8. The number of rotatable bonds is 8. The van der Waals surface area contributed by atoms with Crippen molar-refractivity contribution in [3.05, 3.63) is 35.9 Å². The highest BCUT2D eigenvalue weighted by molar-refractivity contribution is 5.80. The van der Waals surface area contributed by atoms with E-state index in [1.54, 1.807) is 6.92 Å². The average molecular weight is 314 g/mol. The summed E-state index contributed by atoms with van der Waals surface area (Å²) in [5, 5.41) is 0. The molecule has 1 aromatic rings. The van der Waals surface area contributed by atoms with Crippen molar-refractivity contribution in [3.63, 3.8) is 0 Å². The van der Waals surface area contributed by atoms with Crippen LogP contribution in [0.2, 0.25) is 0 Å².